The van der Waals surface area contributed by atoms with Crippen LogP contribution in [0.2, 0.25) is 0 Å². The van der Waals surface area contributed by atoms with E-state index < -0.39 is 17.7 Å². The molecule has 4 rings (SSSR count). The Balaban J connectivity index is 1.44. The largest absolute Gasteiger partial charge is 0.387 e. The second-order valence-electron chi connectivity index (χ2n) is 7.25. The van der Waals surface area contributed by atoms with Crippen molar-refractivity contribution in [3.8, 4) is 0 Å². The van der Waals surface area contributed by atoms with Gasteiger partial charge in [-0.3, -0.25) is 4.90 Å². The maximum Gasteiger partial charge on any atom is 0.149 e. The van der Waals surface area contributed by atoms with Crippen LogP contribution in [0.5, 0.6) is 0 Å². The van der Waals surface area contributed by atoms with Gasteiger partial charge in [0.05, 0.1) is 11.8 Å². The number of hydrogen-bond donors (Lipinski definition) is 2. The zero-order valence-corrected chi connectivity index (χ0v) is 15.6. The Bertz CT molecular complexity index is 996. The molecule has 28 heavy (non-hydrogen) atoms. The van der Waals surface area contributed by atoms with E-state index in [9.17, 15) is 18.3 Å². The Kier molecular flexibility index (Phi) is 5.03. The van der Waals surface area contributed by atoms with Crippen LogP contribution < -0.4 is 4.90 Å². The molecule has 2 N–H and O–H groups in total. The fraction of sp³-hybridized carbons (Fsp3) is 0.333. The summed E-state index contributed by atoms with van der Waals surface area (Å²) in [6.45, 7) is 4.72. The topological polar surface area (TPSA) is 42.5 Å². The number of aryl methyl sites for hydroxylation is 1. The number of fused-ring (bicyclic) bond motifs is 1. The molecule has 148 valence electrons. The lowest BCUT2D eigenvalue weighted by molar-refractivity contribution is 0.110. The van der Waals surface area contributed by atoms with Gasteiger partial charge in [-0.1, -0.05) is 0 Å². The van der Waals surface area contributed by atoms with Gasteiger partial charge >= 0.3 is 0 Å². The average molecular weight is 389 g/mol. The van der Waals surface area contributed by atoms with E-state index in [1.807, 2.05) is 11.8 Å². The molecule has 1 aliphatic heterocycles. The summed E-state index contributed by atoms with van der Waals surface area (Å²) in [6, 6.07) is 8.11. The minimum absolute atomic E-state index is 0.338. The SMILES string of the molecule is Cc1[nH]c2ccc(F)cc2c1C(O)CN1CCN(c2ccc(F)cc2F)CC1. The maximum atomic E-state index is 14.0. The van der Waals surface area contributed by atoms with Crippen molar-refractivity contribution in [3.05, 3.63) is 65.1 Å². The molecule has 1 atom stereocenters. The highest BCUT2D eigenvalue weighted by Crippen LogP contribution is 2.29. The molecule has 0 radical (unpaired) electrons. The number of piperazine rings is 1. The van der Waals surface area contributed by atoms with Gasteiger partial charge in [-0.05, 0) is 37.3 Å². The first-order valence-corrected chi connectivity index (χ1v) is 9.30. The zero-order chi connectivity index (χ0) is 19.8. The van der Waals surface area contributed by atoms with Crippen molar-refractivity contribution >= 4 is 16.6 Å². The third-order valence-corrected chi connectivity index (χ3v) is 5.39. The summed E-state index contributed by atoms with van der Waals surface area (Å²) in [5.41, 5.74) is 2.72. The van der Waals surface area contributed by atoms with Crippen molar-refractivity contribution in [1.29, 1.82) is 0 Å². The van der Waals surface area contributed by atoms with Crippen molar-refractivity contribution in [2.45, 2.75) is 13.0 Å². The van der Waals surface area contributed by atoms with Crippen molar-refractivity contribution < 1.29 is 18.3 Å². The average Bonchev–Trinajstić information content (AvgIpc) is 2.97. The van der Waals surface area contributed by atoms with E-state index in [1.165, 1.54) is 24.3 Å². The van der Waals surface area contributed by atoms with E-state index in [0.717, 1.165) is 17.3 Å². The van der Waals surface area contributed by atoms with E-state index >= 15 is 0 Å². The number of nitrogens with one attached hydrogen (secondary N) is 1. The van der Waals surface area contributed by atoms with Gasteiger partial charge in [-0.25, -0.2) is 13.2 Å². The summed E-state index contributed by atoms with van der Waals surface area (Å²) in [6.07, 6.45) is -0.760. The van der Waals surface area contributed by atoms with Gasteiger partial charge in [0, 0.05) is 61.0 Å². The van der Waals surface area contributed by atoms with Crippen LogP contribution >= 0.6 is 0 Å². The number of aliphatic hydroxyl groups is 1. The van der Waals surface area contributed by atoms with E-state index in [0.29, 0.717) is 49.4 Å². The molecule has 0 bridgehead atoms. The maximum absolute atomic E-state index is 14.0. The van der Waals surface area contributed by atoms with Crippen LogP contribution in [0.25, 0.3) is 10.9 Å². The summed E-state index contributed by atoms with van der Waals surface area (Å²) in [4.78, 5) is 7.16. The van der Waals surface area contributed by atoms with E-state index in [1.54, 1.807) is 6.07 Å². The van der Waals surface area contributed by atoms with Crippen LogP contribution in [0.3, 0.4) is 0 Å². The number of H-pyrrole nitrogens is 1. The lowest BCUT2D eigenvalue weighted by Gasteiger charge is -2.37. The standard InChI is InChI=1S/C21H22F3N3O/c1-13-21(16-10-14(22)2-4-18(16)25-13)20(28)12-26-6-8-27(9-7-26)19-5-3-15(23)11-17(19)24/h2-5,10-11,20,25,28H,6-9,12H2,1H3. The van der Waals surface area contributed by atoms with Crippen molar-refractivity contribution in [3.63, 3.8) is 0 Å². The predicted octanol–water partition coefficient (Wildman–Crippen LogP) is 3.75. The summed E-state index contributed by atoms with van der Waals surface area (Å²) in [7, 11) is 0. The molecule has 1 saturated heterocycles. The highest BCUT2D eigenvalue weighted by molar-refractivity contribution is 5.85. The van der Waals surface area contributed by atoms with Crippen LogP contribution in [0.1, 0.15) is 17.4 Å². The number of aliphatic hydroxyl groups excluding tert-OH is 1. The number of benzene rings is 2. The van der Waals surface area contributed by atoms with Crippen LogP contribution in [0.4, 0.5) is 18.9 Å². The van der Waals surface area contributed by atoms with Crippen LogP contribution in [-0.4, -0.2) is 47.7 Å². The van der Waals surface area contributed by atoms with Crippen LogP contribution in [0.15, 0.2) is 36.4 Å². The molecule has 1 unspecified atom stereocenters. The molecule has 7 heteroatoms. The van der Waals surface area contributed by atoms with Gasteiger partial charge in [0.25, 0.3) is 0 Å². The molecule has 1 aromatic heterocycles. The number of β-amino-alcohol motifs (C(OH)–C–C–N with tert-alkyl or cyclic N) is 1. The monoisotopic (exact) mass is 389 g/mol. The number of rotatable bonds is 4. The Morgan fingerprint density at radius 2 is 1.68 bits per heavy atom. The van der Waals surface area contributed by atoms with E-state index in [2.05, 4.69) is 9.88 Å². The smallest absolute Gasteiger partial charge is 0.149 e. The van der Waals surface area contributed by atoms with Gasteiger partial charge in [0.15, 0.2) is 0 Å². The van der Waals surface area contributed by atoms with Crippen molar-refractivity contribution in [2.24, 2.45) is 0 Å². The first kappa shape index (κ1) is 18.8. The molecule has 3 aromatic rings. The molecule has 0 aliphatic carbocycles. The molecule has 2 heterocycles. The first-order chi connectivity index (χ1) is 13.4. The number of hydrogen-bond acceptors (Lipinski definition) is 3. The Morgan fingerprint density at radius 1 is 1.00 bits per heavy atom. The predicted molar refractivity (Wildman–Crippen MR) is 103 cm³/mol. The number of aromatic nitrogens is 1. The Hall–Kier alpha value is -2.51. The highest BCUT2D eigenvalue weighted by atomic mass is 19.1. The van der Waals surface area contributed by atoms with Gasteiger partial charge < -0.3 is 15.0 Å². The molecular weight excluding hydrogens is 367 g/mol. The molecule has 0 amide bonds. The number of anilines is 1. The van der Waals surface area contributed by atoms with Crippen molar-refractivity contribution in [1.82, 2.24) is 9.88 Å². The quantitative estimate of drug-likeness (QED) is 0.714. The van der Waals surface area contributed by atoms with Crippen molar-refractivity contribution in [2.75, 3.05) is 37.6 Å². The molecule has 2 aromatic carbocycles. The van der Waals surface area contributed by atoms with Crippen LogP contribution in [0, 0.1) is 24.4 Å². The summed E-state index contributed by atoms with van der Waals surface area (Å²) >= 11 is 0. The number of nitrogens with zero attached hydrogens (tertiary/aromatic N) is 2. The van der Waals surface area contributed by atoms with Gasteiger partial charge in [-0.15, -0.1) is 0 Å². The molecule has 0 saturated carbocycles. The van der Waals surface area contributed by atoms with Gasteiger partial charge in [0.2, 0.25) is 0 Å². The normalized spacial score (nSPS) is 16.7. The summed E-state index contributed by atoms with van der Waals surface area (Å²) in [5, 5.41) is 11.5. The first-order valence-electron chi connectivity index (χ1n) is 9.30. The fourth-order valence-electron chi connectivity index (χ4n) is 3.99. The second-order valence-corrected chi connectivity index (χ2v) is 7.25. The van der Waals surface area contributed by atoms with Gasteiger partial charge in [0.1, 0.15) is 17.5 Å². The lowest BCUT2D eigenvalue weighted by Crippen LogP contribution is -2.47. The minimum Gasteiger partial charge on any atom is -0.387 e. The Morgan fingerprint density at radius 3 is 2.39 bits per heavy atom. The third-order valence-electron chi connectivity index (χ3n) is 5.39. The summed E-state index contributed by atoms with van der Waals surface area (Å²) < 4.78 is 40.7. The minimum atomic E-state index is -0.760. The molecule has 0 spiro atoms. The molecule has 4 nitrogen and oxygen atoms in total. The molecule has 1 fully saturated rings. The molecular formula is C21H22F3N3O. The highest BCUT2D eigenvalue weighted by Gasteiger charge is 2.24. The number of halogens is 3. The fourth-order valence-corrected chi connectivity index (χ4v) is 3.99. The zero-order valence-electron chi connectivity index (χ0n) is 15.6. The third kappa shape index (κ3) is 3.59. The van der Waals surface area contributed by atoms with Crippen LogP contribution in [-0.2, 0) is 0 Å². The second kappa shape index (κ2) is 7.48. The van der Waals surface area contributed by atoms with E-state index in [4.69, 9.17) is 0 Å². The Labute approximate surface area is 161 Å². The van der Waals surface area contributed by atoms with E-state index in [-0.39, 0.29) is 5.82 Å². The lowest BCUT2D eigenvalue weighted by atomic mass is 10.0. The van der Waals surface area contributed by atoms with Gasteiger partial charge in [-0.2, -0.15) is 0 Å². The summed E-state index contributed by atoms with van der Waals surface area (Å²) in [5.74, 6) is -1.49. The molecule has 1 aliphatic rings. The number of aromatic amines is 1.